The molecule has 0 aliphatic heterocycles. The smallest absolute Gasteiger partial charge is 0.408 e. The molecule has 5 nitrogen and oxygen atoms in total. The van der Waals surface area contributed by atoms with Crippen molar-refractivity contribution in [2.75, 3.05) is 12.0 Å². The molecule has 0 fully saturated rings. The Bertz CT molecular complexity index is 251. The first kappa shape index (κ1) is 15.1. The zero-order valence-electron chi connectivity index (χ0n) is 10.3. The molecule has 0 spiro atoms. The Hall–Kier alpha value is -0.910. The number of carbonyl (C=O) groups is 1. The zero-order chi connectivity index (χ0) is 12.8. The number of rotatable bonds is 5. The third kappa shape index (κ3) is 7.39. The number of hydrogen-bond acceptors (Lipinski definition) is 4. The molecule has 0 aliphatic carbocycles. The van der Waals surface area contributed by atoms with E-state index in [0.717, 1.165) is 5.75 Å². The maximum atomic E-state index is 11.4. The van der Waals surface area contributed by atoms with Crippen LogP contribution < -0.4 is 11.1 Å². The molecule has 0 saturated heterocycles. The standard InChI is InChI=1S/C10H21N3O2S/c1-10(2,3)15-9(14)13-7(8(11)12)5-6-16-4/h7H,5-6H2,1-4H3,(H3,11,12)(H,13,14). The van der Waals surface area contributed by atoms with Gasteiger partial charge in [-0.25, -0.2) is 4.79 Å². The summed E-state index contributed by atoms with van der Waals surface area (Å²) in [5, 5.41) is 9.94. The van der Waals surface area contributed by atoms with Crippen LogP contribution in [-0.2, 0) is 4.74 Å². The maximum Gasteiger partial charge on any atom is 0.408 e. The average molecular weight is 247 g/mol. The number of hydrogen-bond donors (Lipinski definition) is 3. The number of amidine groups is 1. The number of thioether (sulfide) groups is 1. The molecule has 4 N–H and O–H groups in total. The second-order valence-corrected chi connectivity index (χ2v) is 5.42. The minimum Gasteiger partial charge on any atom is -0.444 e. The van der Waals surface area contributed by atoms with Crippen LogP contribution in [0.4, 0.5) is 4.79 Å². The lowest BCUT2D eigenvalue weighted by molar-refractivity contribution is 0.0517. The van der Waals surface area contributed by atoms with Crippen LogP contribution in [-0.4, -0.2) is 35.6 Å². The summed E-state index contributed by atoms with van der Waals surface area (Å²) >= 11 is 1.64. The van der Waals surface area contributed by atoms with Crippen LogP contribution in [0.2, 0.25) is 0 Å². The van der Waals surface area contributed by atoms with Gasteiger partial charge in [0.05, 0.1) is 6.04 Å². The van der Waals surface area contributed by atoms with Crippen molar-refractivity contribution in [1.82, 2.24) is 5.32 Å². The minimum absolute atomic E-state index is 0.0418. The number of carbonyl (C=O) groups excluding carboxylic acids is 1. The molecule has 0 bridgehead atoms. The normalized spacial score (nSPS) is 13.0. The first-order valence-corrected chi connectivity index (χ1v) is 6.48. The summed E-state index contributed by atoms with van der Waals surface area (Å²) in [6.45, 7) is 5.37. The average Bonchev–Trinajstić information content (AvgIpc) is 2.08. The molecule has 0 rings (SSSR count). The van der Waals surface area contributed by atoms with Crippen molar-refractivity contribution < 1.29 is 9.53 Å². The molecule has 0 saturated carbocycles. The van der Waals surface area contributed by atoms with E-state index in [4.69, 9.17) is 15.9 Å². The van der Waals surface area contributed by atoms with E-state index < -0.39 is 17.7 Å². The van der Waals surface area contributed by atoms with Gasteiger partial charge in [0, 0.05) is 0 Å². The van der Waals surface area contributed by atoms with Gasteiger partial charge in [0.25, 0.3) is 0 Å². The SMILES string of the molecule is CSCCC(NC(=O)OC(C)(C)C)C(=N)N. The Morgan fingerprint density at radius 1 is 1.56 bits per heavy atom. The Morgan fingerprint density at radius 2 is 2.12 bits per heavy atom. The third-order valence-electron chi connectivity index (χ3n) is 1.68. The highest BCUT2D eigenvalue weighted by molar-refractivity contribution is 7.98. The largest absolute Gasteiger partial charge is 0.444 e. The summed E-state index contributed by atoms with van der Waals surface area (Å²) < 4.78 is 5.09. The molecule has 0 heterocycles. The number of nitrogens with one attached hydrogen (secondary N) is 2. The van der Waals surface area contributed by atoms with Gasteiger partial charge in [0.15, 0.2) is 0 Å². The van der Waals surface area contributed by atoms with E-state index >= 15 is 0 Å². The minimum atomic E-state index is -0.537. The van der Waals surface area contributed by atoms with Gasteiger partial charge >= 0.3 is 6.09 Å². The van der Waals surface area contributed by atoms with Crippen molar-refractivity contribution in [3.05, 3.63) is 0 Å². The van der Waals surface area contributed by atoms with Gasteiger partial charge in [-0.3, -0.25) is 5.41 Å². The number of alkyl carbamates (subject to hydrolysis) is 1. The summed E-state index contributed by atoms with van der Waals surface area (Å²) in [4.78, 5) is 11.4. The number of amides is 1. The van der Waals surface area contributed by atoms with Crippen LogP contribution in [0.5, 0.6) is 0 Å². The van der Waals surface area contributed by atoms with Gasteiger partial charge < -0.3 is 15.8 Å². The highest BCUT2D eigenvalue weighted by Gasteiger charge is 2.20. The summed E-state index contributed by atoms with van der Waals surface area (Å²) in [6, 6.07) is -0.442. The van der Waals surface area contributed by atoms with Crippen molar-refractivity contribution in [2.45, 2.75) is 38.8 Å². The lowest BCUT2D eigenvalue weighted by Gasteiger charge is -2.23. The monoisotopic (exact) mass is 247 g/mol. The van der Waals surface area contributed by atoms with Crippen LogP contribution in [0.15, 0.2) is 0 Å². The van der Waals surface area contributed by atoms with Crippen LogP contribution >= 0.6 is 11.8 Å². The molecule has 0 radical (unpaired) electrons. The van der Waals surface area contributed by atoms with Crippen molar-refractivity contribution in [3.8, 4) is 0 Å². The van der Waals surface area contributed by atoms with Gasteiger partial charge in [0.1, 0.15) is 11.4 Å². The van der Waals surface area contributed by atoms with Gasteiger partial charge in [-0.2, -0.15) is 11.8 Å². The van der Waals surface area contributed by atoms with E-state index in [9.17, 15) is 4.79 Å². The van der Waals surface area contributed by atoms with Crippen LogP contribution in [0, 0.1) is 5.41 Å². The second kappa shape index (κ2) is 6.62. The van der Waals surface area contributed by atoms with Gasteiger partial charge in [0.2, 0.25) is 0 Å². The van der Waals surface area contributed by atoms with E-state index in [-0.39, 0.29) is 5.84 Å². The van der Waals surface area contributed by atoms with E-state index in [0.29, 0.717) is 6.42 Å². The fraction of sp³-hybridized carbons (Fsp3) is 0.800. The highest BCUT2D eigenvalue weighted by atomic mass is 32.2. The van der Waals surface area contributed by atoms with Gasteiger partial charge in [-0.15, -0.1) is 0 Å². The van der Waals surface area contributed by atoms with Crippen LogP contribution in [0.1, 0.15) is 27.2 Å². The Kier molecular flexibility index (Phi) is 6.25. The molecule has 0 aliphatic rings. The quantitative estimate of drug-likeness (QED) is 0.508. The number of nitrogens with two attached hydrogens (primary N) is 1. The first-order chi connectivity index (χ1) is 7.26. The molecule has 0 aromatic heterocycles. The number of ether oxygens (including phenoxy) is 1. The lowest BCUT2D eigenvalue weighted by atomic mass is 10.2. The lowest BCUT2D eigenvalue weighted by Crippen LogP contribution is -2.46. The highest BCUT2D eigenvalue weighted by Crippen LogP contribution is 2.07. The summed E-state index contributed by atoms with van der Waals surface area (Å²) in [6.07, 6.45) is 2.06. The summed E-state index contributed by atoms with van der Waals surface area (Å²) in [5.74, 6) is 0.792. The van der Waals surface area contributed by atoms with Crippen molar-refractivity contribution in [3.63, 3.8) is 0 Å². The van der Waals surface area contributed by atoms with Gasteiger partial charge in [-0.1, -0.05) is 0 Å². The van der Waals surface area contributed by atoms with E-state index in [1.165, 1.54) is 0 Å². The Labute approximate surface area is 101 Å². The summed E-state index contributed by atoms with van der Waals surface area (Å²) in [7, 11) is 0. The molecular weight excluding hydrogens is 226 g/mol. The van der Waals surface area contributed by atoms with Crippen LogP contribution in [0.3, 0.4) is 0 Å². The second-order valence-electron chi connectivity index (χ2n) is 4.44. The fourth-order valence-electron chi connectivity index (χ4n) is 0.991. The first-order valence-electron chi connectivity index (χ1n) is 5.08. The Morgan fingerprint density at radius 3 is 2.50 bits per heavy atom. The zero-order valence-corrected chi connectivity index (χ0v) is 11.1. The molecule has 0 aromatic rings. The predicted molar refractivity (Wildman–Crippen MR) is 68.1 cm³/mol. The fourth-order valence-corrected chi connectivity index (χ4v) is 1.46. The van der Waals surface area contributed by atoms with E-state index in [2.05, 4.69) is 5.32 Å². The molecule has 1 atom stereocenters. The molecule has 0 aromatic carbocycles. The summed E-state index contributed by atoms with van der Waals surface area (Å²) in [5.41, 5.74) is 4.86. The van der Waals surface area contributed by atoms with E-state index in [1.807, 2.05) is 6.26 Å². The molecule has 94 valence electrons. The van der Waals surface area contributed by atoms with Crippen molar-refractivity contribution in [2.24, 2.45) is 5.73 Å². The van der Waals surface area contributed by atoms with Crippen molar-refractivity contribution in [1.29, 1.82) is 5.41 Å². The molecule has 16 heavy (non-hydrogen) atoms. The van der Waals surface area contributed by atoms with Crippen LogP contribution in [0.25, 0.3) is 0 Å². The Balaban J connectivity index is 4.19. The van der Waals surface area contributed by atoms with Gasteiger partial charge in [-0.05, 0) is 39.2 Å². The molecule has 1 amide bonds. The molecule has 1 unspecified atom stereocenters. The van der Waals surface area contributed by atoms with E-state index in [1.54, 1.807) is 32.5 Å². The predicted octanol–water partition coefficient (Wildman–Crippen LogP) is 1.57. The van der Waals surface area contributed by atoms with Crippen molar-refractivity contribution >= 4 is 23.7 Å². The maximum absolute atomic E-state index is 11.4. The molecule has 6 heteroatoms. The molecular formula is C10H21N3O2S. The topological polar surface area (TPSA) is 88.2 Å². The third-order valence-corrected chi connectivity index (χ3v) is 2.32.